The summed E-state index contributed by atoms with van der Waals surface area (Å²) < 4.78 is 25.7. The highest BCUT2D eigenvalue weighted by Gasteiger charge is 2.40. The number of methoxy groups -OCH3 is 1. The van der Waals surface area contributed by atoms with Crippen LogP contribution in [0.4, 0.5) is 9.18 Å². The SMILES string of the molecule is COc1cc(/C=C2/C(=O)NC(=O)N(C3CCCCC3)C2=O)cc(Br)c1OCc1ccccc1F. The Morgan fingerprint density at radius 2 is 1.88 bits per heavy atom. The van der Waals surface area contributed by atoms with Crippen LogP contribution in [-0.2, 0) is 16.2 Å². The zero-order valence-corrected chi connectivity index (χ0v) is 20.2. The van der Waals surface area contributed by atoms with Crippen LogP contribution in [-0.4, -0.2) is 35.9 Å². The lowest BCUT2D eigenvalue weighted by molar-refractivity contribution is -0.132. The summed E-state index contributed by atoms with van der Waals surface area (Å²) in [5.74, 6) is -1.03. The lowest BCUT2D eigenvalue weighted by atomic mass is 9.93. The van der Waals surface area contributed by atoms with E-state index in [1.54, 1.807) is 30.3 Å². The van der Waals surface area contributed by atoms with Gasteiger partial charge in [0, 0.05) is 11.6 Å². The third-order valence-corrected chi connectivity index (χ3v) is 6.55. The number of imide groups is 2. The van der Waals surface area contributed by atoms with Gasteiger partial charge >= 0.3 is 6.03 Å². The summed E-state index contributed by atoms with van der Waals surface area (Å²) in [6.45, 7) is -0.0125. The van der Waals surface area contributed by atoms with E-state index in [0.29, 0.717) is 27.1 Å². The van der Waals surface area contributed by atoms with Gasteiger partial charge in [-0.25, -0.2) is 9.18 Å². The number of urea groups is 1. The summed E-state index contributed by atoms with van der Waals surface area (Å²) in [6, 6.07) is 8.68. The molecule has 1 aliphatic heterocycles. The average molecular weight is 531 g/mol. The number of hydrogen-bond donors (Lipinski definition) is 1. The summed E-state index contributed by atoms with van der Waals surface area (Å²) in [6.07, 6.45) is 5.83. The fraction of sp³-hybridized carbons (Fsp3) is 0.320. The van der Waals surface area contributed by atoms with Crippen molar-refractivity contribution in [2.75, 3.05) is 7.11 Å². The van der Waals surface area contributed by atoms with E-state index in [1.165, 1.54) is 24.2 Å². The van der Waals surface area contributed by atoms with Gasteiger partial charge in [-0.1, -0.05) is 37.5 Å². The van der Waals surface area contributed by atoms with E-state index in [2.05, 4.69) is 21.2 Å². The standard InChI is InChI=1S/C25H24BrFN2O5/c1-33-21-13-15(12-19(26)22(21)34-14-16-7-5-6-10-20(16)27)11-18-23(30)28-25(32)29(24(18)31)17-8-3-2-4-9-17/h5-7,10-13,17H,2-4,8-9,14H2,1H3,(H,28,30,32)/b18-11-. The van der Waals surface area contributed by atoms with Gasteiger partial charge in [-0.3, -0.25) is 19.8 Å². The Hall–Kier alpha value is -3.20. The lowest BCUT2D eigenvalue weighted by Crippen LogP contribution is -2.58. The molecule has 1 saturated heterocycles. The van der Waals surface area contributed by atoms with Crippen molar-refractivity contribution in [1.29, 1.82) is 0 Å². The van der Waals surface area contributed by atoms with Gasteiger partial charge in [0.15, 0.2) is 11.5 Å². The van der Waals surface area contributed by atoms with Gasteiger partial charge in [-0.05, 0) is 58.6 Å². The number of rotatable bonds is 6. The van der Waals surface area contributed by atoms with Crippen LogP contribution in [0.5, 0.6) is 11.5 Å². The number of hydrogen-bond acceptors (Lipinski definition) is 5. The fourth-order valence-corrected chi connectivity index (χ4v) is 4.81. The Balaban J connectivity index is 1.60. The van der Waals surface area contributed by atoms with E-state index in [0.717, 1.165) is 32.1 Å². The van der Waals surface area contributed by atoms with E-state index in [9.17, 15) is 18.8 Å². The van der Waals surface area contributed by atoms with Crippen LogP contribution in [0.3, 0.4) is 0 Å². The average Bonchev–Trinajstić information content (AvgIpc) is 2.82. The zero-order chi connectivity index (χ0) is 24.2. The van der Waals surface area contributed by atoms with Crippen molar-refractivity contribution >= 4 is 39.9 Å². The molecule has 4 rings (SSSR count). The quantitative estimate of drug-likeness (QED) is 0.421. The van der Waals surface area contributed by atoms with Gasteiger partial charge in [-0.2, -0.15) is 0 Å². The highest BCUT2D eigenvalue weighted by atomic mass is 79.9. The number of nitrogens with zero attached hydrogens (tertiary/aromatic N) is 1. The Bertz CT molecular complexity index is 1160. The first-order valence-electron chi connectivity index (χ1n) is 11.0. The van der Waals surface area contributed by atoms with Crippen LogP contribution < -0.4 is 14.8 Å². The van der Waals surface area contributed by atoms with Crippen molar-refractivity contribution in [3.05, 3.63) is 63.4 Å². The summed E-state index contributed by atoms with van der Waals surface area (Å²) in [5.41, 5.74) is 0.761. The number of amides is 4. The molecule has 1 heterocycles. The van der Waals surface area contributed by atoms with Crippen LogP contribution in [0.2, 0.25) is 0 Å². The molecule has 178 valence electrons. The predicted molar refractivity (Wildman–Crippen MR) is 127 cm³/mol. The van der Waals surface area contributed by atoms with Crippen LogP contribution in [0.25, 0.3) is 6.08 Å². The summed E-state index contributed by atoms with van der Waals surface area (Å²) >= 11 is 3.43. The summed E-state index contributed by atoms with van der Waals surface area (Å²) in [5, 5.41) is 2.28. The van der Waals surface area contributed by atoms with E-state index < -0.39 is 17.8 Å². The molecule has 0 bridgehead atoms. The van der Waals surface area contributed by atoms with Gasteiger partial charge in [0.1, 0.15) is 18.0 Å². The highest BCUT2D eigenvalue weighted by Crippen LogP contribution is 2.38. The number of nitrogens with one attached hydrogen (secondary N) is 1. The smallest absolute Gasteiger partial charge is 0.331 e. The molecule has 0 radical (unpaired) electrons. The highest BCUT2D eigenvalue weighted by molar-refractivity contribution is 9.10. The zero-order valence-electron chi connectivity index (χ0n) is 18.6. The number of ether oxygens (including phenoxy) is 2. The van der Waals surface area contributed by atoms with E-state index in [4.69, 9.17) is 9.47 Å². The van der Waals surface area contributed by atoms with Crippen molar-refractivity contribution in [3.63, 3.8) is 0 Å². The van der Waals surface area contributed by atoms with Crippen LogP contribution in [0.15, 0.2) is 46.4 Å². The topological polar surface area (TPSA) is 84.9 Å². The number of barbiturate groups is 1. The minimum Gasteiger partial charge on any atom is -0.493 e. The molecule has 2 aromatic rings. The molecular formula is C25H24BrFN2O5. The van der Waals surface area contributed by atoms with Crippen molar-refractivity contribution in [3.8, 4) is 11.5 Å². The maximum Gasteiger partial charge on any atom is 0.331 e. The fourth-order valence-electron chi connectivity index (χ4n) is 4.24. The first-order valence-corrected chi connectivity index (χ1v) is 11.8. The summed E-state index contributed by atoms with van der Waals surface area (Å²) in [4.78, 5) is 39.2. The number of halogens is 2. The molecule has 34 heavy (non-hydrogen) atoms. The molecule has 2 aliphatic rings. The van der Waals surface area contributed by atoms with Crippen LogP contribution >= 0.6 is 15.9 Å². The second-order valence-corrected chi connectivity index (χ2v) is 9.05. The molecule has 7 nitrogen and oxygen atoms in total. The van der Waals surface area contributed by atoms with Gasteiger partial charge < -0.3 is 9.47 Å². The largest absolute Gasteiger partial charge is 0.493 e. The molecule has 0 unspecified atom stereocenters. The molecule has 1 saturated carbocycles. The minimum atomic E-state index is -0.739. The van der Waals surface area contributed by atoms with Crippen molar-refractivity contribution in [1.82, 2.24) is 10.2 Å². The third-order valence-electron chi connectivity index (χ3n) is 5.97. The molecule has 9 heteroatoms. The predicted octanol–water partition coefficient (Wildman–Crippen LogP) is 4.97. The maximum atomic E-state index is 13.9. The van der Waals surface area contributed by atoms with Gasteiger partial charge in [-0.15, -0.1) is 0 Å². The molecule has 2 aromatic carbocycles. The Morgan fingerprint density at radius 3 is 2.59 bits per heavy atom. The first kappa shape index (κ1) is 23.9. The second-order valence-electron chi connectivity index (χ2n) is 8.20. The molecule has 0 spiro atoms. The molecule has 2 fully saturated rings. The molecule has 4 amide bonds. The number of carbonyl (C=O) groups excluding carboxylic acids is 3. The van der Waals surface area contributed by atoms with Gasteiger partial charge in [0.2, 0.25) is 0 Å². The molecule has 1 N–H and O–H groups in total. The Morgan fingerprint density at radius 1 is 1.15 bits per heavy atom. The Labute approximate surface area is 205 Å². The van der Waals surface area contributed by atoms with E-state index in [1.807, 2.05) is 0 Å². The minimum absolute atomic E-state index is 0.0125. The van der Waals surface area contributed by atoms with Crippen molar-refractivity contribution < 1.29 is 28.2 Å². The van der Waals surface area contributed by atoms with Gasteiger partial charge in [0.25, 0.3) is 11.8 Å². The van der Waals surface area contributed by atoms with E-state index >= 15 is 0 Å². The summed E-state index contributed by atoms with van der Waals surface area (Å²) in [7, 11) is 1.45. The molecular weight excluding hydrogens is 507 g/mol. The normalized spacial score (nSPS) is 18.3. The third kappa shape index (κ3) is 4.99. The molecule has 0 atom stereocenters. The van der Waals surface area contributed by atoms with Crippen molar-refractivity contribution in [2.45, 2.75) is 44.8 Å². The van der Waals surface area contributed by atoms with Crippen molar-refractivity contribution in [2.24, 2.45) is 0 Å². The van der Waals surface area contributed by atoms with Crippen LogP contribution in [0.1, 0.15) is 43.2 Å². The second kappa shape index (κ2) is 10.4. The van der Waals surface area contributed by atoms with Gasteiger partial charge in [0.05, 0.1) is 11.6 Å². The van der Waals surface area contributed by atoms with Crippen LogP contribution in [0, 0.1) is 5.82 Å². The van der Waals surface area contributed by atoms with E-state index in [-0.39, 0.29) is 24.0 Å². The lowest BCUT2D eigenvalue weighted by Gasteiger charge is -2.35. The first-order chi connectivity index (χ1) is 16.4. The monoisotopic (exact) mass is 530 g/mol. The number of benzene rings is 2. The molecule has 0 aromatic heterocycles. The number of carbonyl (C=O) groups is 3. The Kier molecular flexibility index (Phi) is 7.31. The maximum absolute atomic E-state index is 13.9. The molecule has 1 aliphatic carbocycles.